The van der Waals surface area contributed by atoms with Crippen LogP contribution in [0.4, 0.5) is 0 Å². The molecule has 3 aromatic rings. The predicted octanol–water partition coefficient (Wildman–Crippen LogP) is 5.27. The number of hydrogen-bond donors (Lipinski definition) is 0. The molecular weight excluding hydrogens is 192 g/mol. The normalized spacial score (nSPS) is 9.50. The van der Waals surface area contributed by atoms with Gasteiger partial charge in [0.05, 0.1) is 0 Å². The molecule has 0 saturated heterocycles. The molecule has 0 bridgehead atoms. The van der Waals surface area contributed by atoms with Crippen molar-refractivity contribution < 1.29 is 0 Å². The van der Waals surface area contributed by atoms with Crippen LogP contribution in [0.1, 0.15) is 14.9 Å². The van der Waals surface area contributed by atoms with Crippen molar-refractivity contribution in [2.24, 2.45) is 0 Å². The maximum atomic E-state index is 2.18. The van der Waals surface area contributed by atoms with E-state index in [9.17, 15) is 0 Å². The van der Waals surface area contributed by atoms with Gasteiger partial charge in [0.2, 0.25) is 0 Å². The van der Waals surface area contributed by atoms with Gasteiger partial charge in [-0.05, 0) is 21.5 Å². The smallest absolute Gasteiger partial charge is 0.0105 e. The van der Waals surface area contributed by atoms with Crippen molar-refractivity contribution in [2.75, 3.05) is 0 Å². The molecule has 0 amide bonds. The molecule has 0 aliphatic heterocycles. The summed E-state index contributed by atoms with van der Waals surface area (Å²) >= 11 is 0. The van der Waals surface area contributed by atoms with E-state index < -0.39 is 0 Å². The minimum Gasteiger partial charge on any atom is -0.0776 e. The fraction of sp³-hybridized carbons (Fsp3) is 0.125. The van der Waals surface area contributed by atoms with Gasteiger partial charge >= 0.3 is 0 Å². The lowest BCUT2D eigenvalue weighted by Gasteiger charge is -2.02. The van der Waals surface area contributed by atoms with E-state index in [1.807, 2.05) is 0 Å². The minimum atomic E-state index is 0. The molecule has 0 fully saturated rings. The second-order valence-electron chi connectivity index (χ2n) is 3.51. The van der Waals surface area contributed by atoms with Crippen LogP contribution in [0.2, 0.25) is 0 Å². The van der Waals surface area contributed by atoms with Gasteiger partial charge in [-0.25, -0.2) is 0 Å². The van der Waals surface area contributed by atoms with Crippen LogP contribution in [0, 0.1) is 0 Å². The van der Waals surface area contributed by atoms with Crippen LogP contribution in [0.3, 0.4) is 0 Å². The molecule has 3 aromatic carbocycles. The Morgan fingerprint density at radius 2 is 0.812 bits per heavy atom. The first kappa shape index (κ1) is 12.3. The highest BCUT2D eigenvalue weighted by Crippen LogP contribution is 2.24. The maximum absolute atomic E-state index is 2.18. The summed E-state index contributed by atoms with van der Waals surface area (Å²) in [5.41, 5.74) is 0. The SMILES string of the molecule is C.C.c1ccc2c(c1)ccc1ccccc12. The molecule has 0 aliphatic carbocycles. The second kappa shape index (κ2) is 4.80. The van der Waals surface area contributed by atoms with Crippen LogP contribution < -0.4 is 0 Å². The van der Waals surface area contributed by atoms with Crippen molar-refractivity contribution in [1.29, 1.82) is 0 Å². The topological polar surface area (TPSA) is 0 Å². The Morgan fingerprint density at radius 3 is 1.25 bits per heavy atom. The first-order valence-electron chi connectivity index (χ1n) is 4.82. The van der Waals surface area contributed by atoms with Gasteiger partial charge in [-0.1, -0.05) is 75.5 Å². The summed E-state index contributed by atoms with van der Waals surface area (Å²) in [5, 5.41) is 5.30. The molecule has 0 spiro atoms. The molecule has 0 saturated carbocycles. The zero-order valence-corrected chi connectivity index (χ0v) is 7.77. The average Bonchev–Trinajstić information content (AvgIpc) is 2.29. The lowest BCUT2D eigenvalue weighted by Crippen LogP contribution is -1.75. The maximum Gasteiger partial charge on any atom is -0.0105 e. The minimum absolute atomic E-state index is 0. The molecule has 16 heavy (non-hydrogen) atoms. The number of hydrogen-bond acceptors (Lipinski definition) is 0. The highest BCUT2D eigenvalue weighted by atomic mass is 14.0. The number of rotatable bonds is 0. The highest BCUT2D eigenvalue weighted by molar-refractivity contribution is 6.07. The van der Waals surface area contributed by atoms with Crippen LogP contribution in [0.15, 0.2) is 60.7 Å². The fourth-order valence-corrected chi connectivity index (χ4v) is 1.95. The summed E-state index contributed by atoms with van der Waals surface area (Å²) in [7, 11) is 0. The lowest BCUT2D eigenvalue weighted by molar-refractivity contribution is 1.76. The van der Waals surface area contributed by atoms with E-state index in [0.717, 1.165) is 0 Å². The van der Waals surface area contributed by atoms with Crippen molar-refractivity contribution in [3.8, 4) is 0 Å². The molecule has 0 atom stereocenters. The fourth-order valence-electron chi connectivity index (χ4n) is 1.95. The van der Waals surface area contributed by atoms with Gasteiger partial charge in [0.1, 0.15) is 0 Å². The van der Waals surface area contributed by atoms with E-state index in [1.165, 1.54) is 21.5 Å². The molecule has 0 N–H and O–H groups in total. The molecule has 0 radical (unpaired) electrons. The molecular formula is C16H18. The zero-order chi connectivity index (χ0) is 9.38. The van der Waals surface area contributed by atoms with E-state index >= 15 is 0 Å². The van der Waals surface area contributed by atoms with Crippen LogP contribution in [-0.4, -0.2) is 0 Å². The van der Waals surface area contributed by atoms with Gasteiger partial charge in [-0.3, -0.25) is 0 Å². The van der Waals surface area contributed by atoms with E-state index in [2.05, 4.69) is 60.7 Å². The Labute approximate surface area is 97.5 Å². The lowest BCUT2D eigenvalue weighted by atomic mass is 10.0. The Morgan fingerprint density at radius 1 is 0.438 bits per heavy atom. The van der Waals surface area contributed by atoms with Crippen molar-refractivity contribution in [1.82, 2.24) is 0 Å². The first-order chi connectivity index (χ1) is 6.95. The summed E-state index contributed by atoms with van der Waals surface area (Å²) in [6.45, 7) is 0. The summed E-state index contributed by atoms with van der Waals surface area (Å²) in [6, 6.07) is 21.4. The largest absolute Gasteiger partial charge is 0.0776 e. The van der Waals surface area contributed by atoms with Gasteiger partial charge in [-0.2, -0.15) is 0 Å². The number of fused-ring (bicyclic) bond motifs is 3. The Bertz CT molecular complexity index is 539. The van der Waals surface area contributed by atoms with Crippen molar-refractivity contribution in [3.63, 3.8) is 0 Å². The van der Waals surface area contributed by atoms with Crippen molar-refractivity contribution in [2.45, 2.75) is 14.9 Å². The zero-order valence-electron chi connectivity index (χ0n) is 7.77. The highest BCUT2D eigenvalue weighted by Gasteiger charge is 1.97. The summed E-state index contributed by atoms with van der Waals surface area (Å²) in [4.78, 5) is 0. The molecule has 3 rings (SSSR count). The molecule has 82 valence electrons. The standard InChI is InChI=1S/C14H10.2CH4/c1-3-7-13-11(5-1)9-10-12-6-2-4-8-14(12)13;;/h1-10H;2*1H4. The summed E-state index contributed by atoms with van der Waals surface area (Å²) < 4.78 is 0. The third-order valence-electron chi connectivity index (χ3n) is 2.65. The van der Waals surface area contributed by atoms with Gasteiger partial charge in [-0.15, -0.1) is 0 Å². The average molecular weight is 210 g/mol. The molecule has 0 nitrogen and oxygen atoms in total. The van der Waals surface area contributed by atoms with Crippen LogP contribution in [-0.2, 0) is 0 Å². The van der Waals surface area contributed by atoms with Gasteiger partial charge in [0.25, 0.3) is 0 Å². The second-order valence-corrected chi connectivity index (χ2v) is 3.51. The van der Waals surface area contributed by atoms with Crippen LogP contribution in [0.25, 0.3) is 21.5 Å². The summed E-state index contributed by atoms with van der Waals surface area (Å²) in [6.07, 6.45) is 0. The monoisotopic (exact) mass is 210 g/mol. The van der Waals surface area contributed by atoms with E-state index in [1.54, 1.807) is 0 Å². The van der Waals surface area contributed by atoms with Gasteiger partial charge in [0.15, 0.2) is 0 Å². The van der Waals surface area contributed by atoms with Gasteiger partial charge in [0, 0.05) is 0 Å². The molecule has 0 heteroatoms. The van der Waals surface area contributed by atoms with E-state index in [0.29, 0.717) is 0 Å². The molecule has 0 aromatic heterocycles. The third-order valence-corrected chi connectivity index (χ3v) is 2.65. The first-order valence-corrected chi connectivity index (χ1v) is 4.82. The quantitative estimate of drug-likeness (QED) is 0.444. The van der Waals surface area contributed by atoms with Gasteiger partial charge < -0.3 is 0 Å². The summed E-state index contributed by atoms with van der Waals surface area (Å²) in [5.74, 6) is 0. The van der Waals surface area contributed by atoms with Crippen LogP contribution >= 0.6 is 0 Å². The van der Waals surface area contributed by atoms with Crippen molar-refractivity contribution >= 4 is 21.5 Å². The van der Waals surface area contributed by atoms with E-state index in [-0.39, 0.29) is 14.9 Å². The number of benzene rings is 3. The van der Waals surface area contributed by atoms with Crippen LogP contribution in [0.5, 0.6) is 0 Å². The van der Waals surface area contributed by atoms with Crippen molar-refractivity contribution in [3.05, 3.63) is 60.7 Å². The molecule has 0 aliphatic rings. The Balaban J connectivity index is 0.000000640. The molecule has 0 unspecified atom stereocenters. The third kappa shape index (κ3) is 1.79. The Hall–Kier alpha value is -1.82. The van der Waals surface area contributed by atoms with E-state index in [4.69, 9.17) is 0 Å². The predicted molar refractivity (Wildman–Crippen MR) is 74.9 cm³/mol. The Kier molecular flexibility index (Phi) is 3.68. The molecule has 0 heterocycles.